The summed E-state index contributed by atoms with van der Waals surface area (Å²) in [5.74, 6) is -0.386. The van der Waals surface area contributed by atoms with Crippen LogP contribution in [0, 0.1) is 12.8 Å². The van der Waals surface area contributed by atoms with E-state index in [1.807, 2.05) is 25.1 Å². The number of carbonyl (C=O) groups excluding carboxylic acids is 2. The van der Waals surface area contributed by atoms with E-state index in [4.69, 9.17) is 5.73 Å². The second kappa shape index (κ2) is 6.64. The number of carbonyl (C=O) groups is 2. The molecule has 3 N–H and O–H groups in total. The maximum atomic E-state index is 12.3. The molecule has 1 fully saturated rings. The number of benzene rings is 1. The predicted octanol–water partition coefficient (Wildman–Crippen LogP) is 1.42. The van der Waals surface area contributed by atoms with Gasteiger partial charge in [0.15, 0.2) is 0 Å². The van der Waals surface area contributed by atoms with Crippen LogP contribution in [0.15, 0.2) is 18.2 Å². The van der Waals surface area contributed by atoms with E-state index in [1.165, 1.54) is 0 Å². The van der Waals surface area contributed by atoms with Crippen molar-refractivity contribution in [3.05, 3.63) is 23.2 Å². The maximum absolute atomic E-state index is 12.3. The first-order chi connectivity index (χ1) is 11.1. The van der Waals surface area contributed by atoms with Crippen molar-refractivity contribution in [1.29, 1.82) is 0 Å². The predicted molar refractivity (Wildman–Crippen MR) is 91.5 cm³/mol. The summed E-state index contributed by atoms with van der Waals surface area (Å²) < 4.78 is 1.11. The number of aryl methyl sites for hydroxylation is 1. The molecule has 0 radical (unpaired) electrons. The second-order valence-electron chi connectivity index (χ2n) is 5.72. The van der Waals surface area contributed by atoms with Gasteiger partial charge < -0.3 is 16.0 Å². The number of aromatic nitrogens is 1. The molecule has 1 aromatic heterocycles. The first-order valence-corrected chi connectivity index (χ1v) is 8.55. The Morgan fingerprint density at radius 1 is 1.52 bits per heavy atom. The van der Waals surface area contributed by atoms with E-state index in [0.717, 1.165) is 27.3 Å². The van der Waals surface area contributed by atoms with Gasteiger partial charge in [-0.3, -0.25) is 9.59 Å². The minimum atomic E-state index is -0.298. The number of nitrogens with zero attached hydrogens (tertiary/aromatic N) is 2. The Labute approximate surface area is 138 Å². The molecule has 0 spiro atoms. The Bertz CT molecular complexity index is 743. The third-order valence-electron chi connectivity index (χ3n) is 3.97. The molecular formula is C16H20N4O2S. The van der Waals surface area contributed by atoms with Crippen LogP contribution < -0.4 is 16.0 Å². The van der Waals surface area contributed by atoms with Crippen molar-refractivity contribution < 1.29 is 9.59 Å². The van der Waals surface area contributed by atoms with Crippen molar-refractivity contribution in [3.8, 4) is 0 Å². The number of hydrogen-bond acceptors (Lipinski definition) is 5. The summed E-state index contributed by atoms with van der Waals surface area (Å²) in [5.41, 5.74) is 7.12. The third kappa shape index (κ3) is 3.35. The fourth-order valence-electron chi connectivity index (χ4n) is 2.79. The molecule has 0 aliphatic carbocycles. The normalized spacial score (nSPS) is 17.9. The molecule has 3 rings (SSSR count). The fraction of sp³-hybridized carbons (Fsp3) is 0.438. The summed E-state index contributed by atoms with van der Waals surface area (Å²) in [5, 5.41) is 3.84. The van der Waals surface area contributed by atoms with E-state index in [9.17, 15) is 9.59 Å². The van der Waals surface area contributed by atoms with Crippen LogP contribution in [0.3, 0.4) is 0 Å². The molecular weight excluding hydrogens is 312 g/mol. The lowest BCUT2D eigenvalue weighted by molar-refractivity contribution is -0.126. The van der Waals surface area contributed by atoms with Gasteiger partial charge in [-0.15, -0.1) is 11.3 Å². The lowest BCUT2D eigenvalue weighted by atomic mass is 10.1. The molecule has 0 saturated carbocycles. The molecule has 1 aliphatic rings. The number of nitrogens with two attached hydrogens (primary N) is 1. The zero-order valence-electron chi connectivity index (χ0n) is 13.0. The van der Waals surface area contributed by atoms with Crippen LogP contribution in [0.2, 0.25) is 0 Å². The zero-order chi connectivity index (χ0) is 16.4. The molecule has 2 heterocycles. The Balaban J connectivity index is 1.72. The highest BCUT2D eigenvalue weighted by molar-refractivity contribution is 7.18. The van der Waals surface area contributed by atoms with Gasteiger partial charge in [-0.2, -0.15) is 0 Å². The van der Waals surface area contributed by atoms with Crippen LogP contribution in [0.1, 0.15) is 17.8 Å². The minimum absolute atomic E-state index is 0.0183. The number of thiazole rings is 1. The lowest BCUT2D eigenvalue weighted by Crippen LogP contribution is -2.34. The van der Waals surface area contributed by atoms with Gasteiger partial charge in [0.1, 0.15) is 0 Å². The Hall–Kier alpha value is -1.99. The van der Waals surface area contributed by atoms with Gasteiger partial charge in [0.25, 0.3) is 0 Å². The lowest BCUT2D eigenvalue weighted by Gasteiger charge is -2.16. The first kappa shape index (κ1) is 15.9. The standard InChI is InChI=1S/C16H20N4O2S/c1-10-19-13-8-12(3-4-14(13)23-10)20-9-11(7-15(20)21)16(22)18-6-2-5-17/h3-4,8,11H,2,5-7,9,17H2,1H3,(H,18,22). The van der Waals surface area contributed by atoms with Crippen molar-refractivity contribution in [2.75, 3.05) is 24.5 Å². The highest BCUT2D eigenvalue weighted by atomic mass is 32.1. The molecule has 1 saturated heterocycles. The van der Waals surface area contributed by atoms with Crippen LogP contribution >= 0.6 is 11.3 Å². The van der Waals surface area contributed by atoms with E-state index < -0.39 is 0 Å². The largest absolute Gasteiger partial charge is 0.356 e. The first-order valence-electron chi connectivity index (χ1n) is 7.74. The number of anilines is 1. The summed E-state index contributed by atoms with van der Waals surface area (Å²) in [6, 6.07) is 5.83. The fourth-order valence-corrected chi connectivity index (χ4v) is 3.60. The monoisotopic (exact) mass is 332 g/mol. The molecule has 6 nitrogen and oxygen atoms in total. The molecule has 1 unspecified atom stereocenters. The van der Waals surface area contributed by atoms with E-state index in [-0.39, 0.29) is 24.2 Å². The molecule has 1 atom stereocenters. The summed E-state index contributed by atoms with van der Waals surface area (Å²) in [6.07, 6.45) is 0.999. The number of rotatable bonds is 5. The van der Waals surface area contributed by atoms with E-state index in [0.29, 0.717) is 19.6 Å². The molecule has 0 bridgehead atoms. The van der Waals surface area contributed by atoms with Gasteiger partial charge in [0, 0.05) is 25.2 Å². The van der Waals surface area contributed by atoms with E-state index in [2.05, 4.69) is 10.3 Å². The van der Waals surface area contributed by atoms with Gasteiger partial charge in [-0.05, 0) is 38.1 Å². The van der Waals surface area contributed by atoms with Crippen LogP contribution in [-0.4, -0.2) is 36.4 Å². The molecule has 122 valence electrons. The van der Waals surface area contributed by atoms with Crippen molar-refractivity contribution in [2.45, 2.75) is 19.8 Å². The Kier molecular flexibility index (Phi) is 4.58. The van der Waals surface area contributed by atoms with Gasteiger partial charge in [-0.1, -0.05) is 0 Å². The molecule has 1 aliphatic heterocycles. The van der Waals surface area contributed by atoms with E-state index in [1.54, 1.807) is 16.2 Å². The molecule has 2 aromatic rings. The van der Waals surface area contributed by atoms with E-state index >= 15 is 0 Å². The second-order valence-corrected chi connectivity index (χ2v) is 6.96. The quantitative estimate of drug-likeness (QED) is 0.811. The topological polar surface area (TPSA) is 88.3 Å². The summed E-state index contributed by atoms with van der Waals surface area (Å²) in [7, 11) is 0. The summed E-state index contributed by atoms with van der Waals surface area (Å²) in [6.45, 7) is 3.49. The number of hydrogen-bond donors (Lipinski definition) is 2. The highest BCUT2D eigenvalue weighted by Crippen LogP contribution is 2.30. The summed E-state index contributed by atoms with van der Waals surface area (Å²) in [4.78, 5) is 30.5. The van der Waals surface area contributed by atoms with Gasteiger partial charge >= 0.3 is 0 Å². The maximum Gasteiger partial charge on any atom is 0.227 e. The molecule has 23 heavy (non-hydrogen) atoms. The van der Waals surface area contributed by atoms with Crippen molar-refractivity contribution in [1.82, 2.24) is 10.3 Å². The number of amides is 2. The molecule has 1 aromatic carbocycles. The van der Waals surface area contributed by atoms with Gasteiger partial charge in [0.2, 0.25) is 11.8 Å². The summed E-state index contributed by atoms with van der Waals surface area (Å²) >= 11 is 1.63. The van der Waals surface area contributed by atoms with Crippen LogP contribution in [0.25, 0.3) is 10.2 Å². The minimum Gasteiger partial charge on any atom is -0.356 e. The van der Waals surface area contributed by atoms with Crippen LogP contribution in [-0.2, 0) is 9.59 Å². The third-order valence-corrected chi connectivity index (χ3v) is 4.92. The average molecular weight is 332 g/mol. The smallest absolute Gasteiger partial charge is 0.227 e. The number of fused-ring (bicyclic) bond motifs is 1. The molecule has 7 heteroatoms. The van der Waals surface area contributed by atoms with Gasteiger partial charge in [0.05, 0.1) is 21.1 Å². The zero-order valence-corrected chi connectivity index (χ0v) is 13.9. The molecule has 2 amide bonds. The highest BCUT2D eigenvalue weighted by Gasteiger charge is 2.35. The van der Waals surface area contributed by atoms with Crippen molar-refractivity contribution in [2.24, 2.45) is 11.7 Å². The van der Waals surface area contributed by atoms with Crippen molar-refractivity contribution >= 4 is 39.1 Å². The number of nitrogens with one attached hydrogen (secondary N) is 1. The average Bonchev–Trinajstić information content (AvgIpc) is 3.08. The van der Waals surface area contributed by atoms with Gasteiger partial charge in [-0.25, -0.2) is 4.98 Å². The Morgan fingerprint density at radius 3 is 3.13 bits per heavy atom. The SMILES string of the molecule is Cc1nc2cc(N3CC(C(=O)NCCCN)CC3=O)ccc2s1. The van der Waals surface area contributed by atoms with Crippen molar-refractivity contribution in [3.63, 3.8) is 0 Å². The van der Waals surface area contributed by atoms with Crippen LogP contribution in [0.4, 0.5) is 5.69 Å². The Morgan fingerprint density at radius 2 is 2.35 bits per heavy atom. The van der Waals surface area contributed by atoms with Crippen LogP contribution in [0.5, 0.6) is 0 Å².